The molecule has 0 saturated carbocycles. The molecule has 28 heavy (non-hydrogen) atoms. The van der Waals surface area contributed by atoms with Gasteiger partial charge in [-0.3, -0.25) is 4.79 Å². The molecule has 138 valence electrons. The van der Waals surface area contributed by atoms with Gasteiger partial charge in [0.25, 0.3) is 0 Å². The second kappa shape index (κ2) is 6.37. The van der Waals surface area contributed by atoms with E-state index >= 15 is 0 Å². The molecule has 4 nitrogen and oxygen atoms in total. The van der Waals surface area contributed by atoms with Gasteiger partial charge in [0.05, 0.1) is 17.5 Å². The topological polar surface area (TPSA) is 47.3 Å². The summed E-state index contributed by atoms with van der Waals surface area (Å²) in [6.45, 7) is 2.05. The highest BCUT2D eigenvalue weighted by molar-refractivity contribution is 5.99. The van der Waals surface area contributed by atoms with Gasteiger partial charge in [0.2, 0.25) is 0 Å². The Kier molecular flexibility index (Phi) is 3.83. The Hall–Kier alpha value is -3.34. The number of rotatable bonds is 2. The Labute approximate surface area is 161 Å². The van der Waals surface area contributed by atoms with Gasteiger partial charge in [-0.2, -0.15) is 5.10 Å². The lowest BCUT2D eigenvalue weighted by Gasteiger charge is -2.23. The van der Waals surface area contributed by atoms with E-state index in [0.717, 1.165) is 28.0 Å². The zero-order valence-corrected chi connectivity index (χ0v) is 15.4. The fourth-order valence-electron chi connectivity index (χ4n) is 3.88. The van der Waals surface area contributed by atoms with Crippen molar-refractivity contribution in [2.75, 3.05) is 0 Å². The van der Waals surface area contributed by atoms with Crippen LogP contribution in [0.1, 0.15) is 39.5 Å². The highest BCUT2D eigenvalue weighted by atomic mass is 19.1. The van der Waals surface area contributed by atoms with E-state index in [0.29, 0.717) is 18.4 Å². The molecule has 0 radical (unpaired) electrons. The molecule has 1 aliphatic carbocycles. The van der Waals surface area contributed by atoms with Crippen LogP contribution in [-0.2, 0) is 6.42 Å². The minimum Gasteiger partial charge on any atom is -0.294 e. The second-order valence-electron chi connectivity index (χ2n) is 7.37. The summed E-state index contributed by atoms with van der Waals surface area (Å²) in [5.74, 6) is -0.202. The highest BCUT2D eigenvalue weighted by Gasteiger charge is 2.28. The number of carbonyl (C=O) groups is 1. The van der Waals surface area contributed by atoms with Crippen LogP contribution in [0.3, 0.4) is 0 Å². The number of Topliss-reactive ketones (excluding diaryl/α,β-unsaturated/α-hetero) is 1. The lowest BCUT2D eigenvalue weighted by Crippen LogP contribution is -2.21. The molecule has 0 aliphatic heterocycles. The predicted molar refractivity (Wildman–Crippen MR) is 105 cm³/mol. The number of ketones is 1. The molecule has 5 rings (SSSR count). The van der Waals surface area contributed by atoms with Crippen LogP contribution in [-0.4, -0.2) is 20.4 Å². The van der Waals surface area contributed by atoms with E-state index in [1.807, 2.05) is 0 Å². The number of fused-ring (bicyclic) bond motifs is 2. The summed E-state index contributed by atoms with van der Waals surface area (Å²) < 4.78 is 14.9. The SMILES string of the molecule is Cc1ccc(-c2cnn3cc4c(nc23)CC(c2ccc(F)cc2)CC4=O)cc1. The Morgan fingerprint density at radius 3 is 2.50 bits per heavy atom. The standard InChI is InChI=1S/C23H18FN3O/c1-14-2-4-16(5-3-14)19-12-25-27-13-20-21(26-23(19)27)10-17(11-22(20)28)15-6-8-18(24)9-7-15/h2-9,12-13,17H,10-11H2,1H3. The molecule has 5 heteroatoms. The van der Waals surface area contributed by atoms with E-state index < -0.39 is 0 Å². The van der Waals surface area contributed by atoms with Crippen LogP contribution in [0.2, 0.25) is 0 Å². The summed E-state index contributed by atoms with van der Waals surface area (Å²) in [5, 5.41) is 4.41. The van der Waals surface area contributed by atoms with Crippen LogP contribution >= 0.6 is 0 Å². The second-order valence-corrected chi connectivity index (χ2v) is 7.37. The van der Waals surface area contributed by atoms with Crippen molar-refractivity contribution in [2.45, 2.75) is 25.7 Å². The molecule has 0 spiro atoms. The summed E-state index contributed by atoms with van der Waals surface area (Å²) in [6, 6.07) is 14.6. The molecule has 0 bridgehead atoms. The van der Waals surface area contributed by atoms with Crippen molar-refractivity contribution in [2.24, 2.45) is 0 Å². The fourth-order valence-corrected chi connectivity index (χ4v) is 3.88. The largest absolute Gasteiger partial charge is 0.294 e. The maximum atomic E-state index is 13.3. The van der Waals surface area contributed by atoms with Crippen LogP contribution < -0.4 is 0 Å². The molecule has 2 aromatic heterocycles. The normalized spacial score (nSPS) is 16.4. The maximum Gasteiger partial charge on any atom is 0.166 e. The lowest BCUT2D eigenvalue weighted by atomic mass is 9.82. The smallest absolute Gasteiger partial charge is 0.166 e. The monoisotopic (exact) mass is 371 g/mol. The first-order valence-corrected chi connectivity index (χ1v) is 9.31. The molecular formula is C23H18FN3O. The predicted octanol–water partition coefficient (Wildman–Crippen LogP) is 4.76. The van der Waals surface area contributed by atoms with Crippen LogP contribution in [0.25, 0.3) is 16.8 Å². The summed E-state index contributed by atoms with van der Waals surface area (Å²) in [7, 11) is 0. The van der Waals surface area contributed by atoms with Crippen molar-refractivity contribution >= 4 is 11.4 Å². The molecule has 4 aromatic rings. The van der Waals surface area contributed by atoms with Gasteiger partial charge in [0, 0.05) is 18.2 Å². The molecular weight excluding hydrogens is 353 g/mol. The molecule has 1 aliphatic rings. The lowest BCUT2D eigenvalue weighted by molar-refractivity contribution is 0.0962. The Bertz CT molecular complexity index is 1190. The van der Waals surface area contributed by atoms with Gasteiger partial charge in [0.1, 0.15) is 5.82 Å². The Balaban J connectivity index is 1.58. The third-order valence-electron chi connectivity index (χ3n) is 5.45. The van der Waals surface area contributed by atoms with E-state index in [1.165, 1.54) is 17.7 Å². The number of hydrogen-bond donors (Lipinski definition) is 0. The van der Waals surface area contributed by atoms with Gasteiger partial charge in [0.15, 0.2) is 11.4 Å². The third kappa shape index (κ3) is 2.80. The van der Waals surface area contributed by atoms with E-state index in [-0.39, 0.29) is 17.5 Å². The molecule has 0 amide bonds. The average Bonchev–Trinajstić information content (AvgIpc) is 3.10. The van der Waals surface area contributed by atoms with Gasteiger partial charge in [-0.15, -0.1) is 0 Å². The fraction of sp³-hybridized carbons (Fsp3) is 0.174. The number of aromatic nitrogens is 3. The quantitative estimate of drug-likeness (QED) is 0.511. The number of carbonyl (C=O) groups excluding carboxylic acids is 1. The molecule has 1 unspecified atom stereocenters. The van der Waals surface area contributed by atoms with Crippen LogP contribution in [0.5, 0.6) is 0 Å². The van der Waals surface area contributed by atoms with E-state index in [4.69, 9.17) is 4.98 Å². The van der Waals surface area contributed by atoms with E-state index in [1.54, 1.807) is 29.0 Å². The number of nitrogens with zero attached hydrogens (tertiary/aromatic N) is 3. The van der Waals surface area contributed by atoms with Gasteiger partial charge in [-0.25, -0.2) is 13.9 Å². The third-order valence-corrected chi connectivity index (χ3v) is 5.45. The molecule has 1 atom stereocenters. The highest BCUT2D eigenvalue weighted by Crippen LogP contribution is 2.33. The summed E-state index contributed by atoms with van der Waals surface area (Å²) in [4.78, 5) is 17.6. The van der Waals surface area contributed by atoms with Gasteiger partial charge < -0.3 is 0 Å². The zero-order chi connectivity index (χ0) is 19.3. The molecule has 0 saturated heterocycles. The number of benzene rings is 2. The van der Waals surface area contributed by atoms with Gasteiger partial charge in [-0.05, 0) is 42.5 Å². The van der Waals surface area contributed by atoms with Crippen molar-refractivity contribution in [3.05, 3.63) is 89.1 Å². The van der Waals surface area contributed by atoms with Crippen molar-refractivity contribution in [1.29, 1.82) is 0 Å². The first kappa shape index (κ1) is 16.8. The first-order valence-electron chi connectivity index (χ1n) is 9.31. The molecule has 2 aromatic carbocycles. The minimum absolute atomic E-state index is 0.0151. The van der Waals surface area contributed by atoms with Crippen molar-refractivity contribution < 1.29 is 9.18 Å². The summed E-state index contributed by atoms with van der Waals surface area (Å²) in [6.07, 6.45) is 4.64. The van der Waals surface area contributed by atoms with Gasteiger partial charge in [-0.1, -0.05) is 42.0 Å². The van der Waals surface area contributed by atoms with Crippen molar-refractivity contribution in [3.63, 3.8) is 0 Å². The van der Waals surface area contributed by atoms with Crippen LogP contribution in [0.15, 0.2) is 60.9 Å². The van der Waals surface area contributed by atoms with Crippen LogP contribution in [0, 0.1) is 12.7 Å². The van der Waals surface area contributed by atoms with E-state index in [9.17, 15) is 9.18 Å². The molecule has 0 N–H and O–H groups in total. The Morgan fingerprint density at radius 1 is 1.00 bits per heavy atom. The van der Waals surface area contributed by atoms with Crippen molar-refractivity contribution in [3.8, 4) is 11.1 Å². The maximum absolute atomic E-state index is 13.3. The summed E-state index contributed by atoms with van der Waals surface area (Å²) in [5.41, 5.74) is 6.31. The Morgan fingerprint density at radius 2 is 1.75 bits per heavy atom. The molecule has 0 fully saturated rings. The average molecular weight is 371 g/mol. The molecule has 2 heterocycles. The van der Waals surface area contributed by atoms with Crippen molar-refractivity contribution in [1.82, 2.24) is 14.6 Å². The number of aryl methyl sites for hydroxylation is 1. The first-order chi connectivity index (χ1) is 13.6. The zero-order valence-electron chi connectivity index (χ0n) is 15.4. The number of halogens is 1. The summed E-state index contributed by atoms with van der Waals surface area (Å²) >= 11 is 0. The van der Waals surface area contributed by atoms with Crippen LogP contribution in [0.4, 0.5) is 4.39 Å². The minimum atomic E-state index is -0.270. The number of hydrogen-bond acceptors (Lipinski definition) is 3. The van der Waals surface area contributed by atoms with Gasteiger partial charge >= 0.3 is 0 Å². The van der Waals surface area contributed by atoms with E-state index in [2.05, 4.69) is 36.3 Å².